The van der Waals surface area contributed by atoms with E-state index < -0.39 is 25.8 Å². The number of rotatable bonds is 7. The molecule has 0 fully saturated rings. The highest BCUT2D eigenvalue weighted by atomic mass is 32.2. The third-order valence-electron chi connectivity index (χ3n) is 3.10. The largest absolute Gasteiger partial charge is 0.335 e. The molecule has 0 saturated heterocycles. The van der Waals surface area contributed by atoms with Crippen molar-refractivity contribution in [2.45, 2.75) is 5.03 Å². The van der Waals surface area contributed by atoms with Gasteiger partial charge in [-0.15, -0.1) is 0 Å². The second kappa shape index (κ2) is 6.22. The molecule has 24 heavy (non-hydrogen) atoms. The third kappa shape index (κ3) is 3.72. The first-order valence-electron chi connectivity index (χ1n) is 6.78. The summed E-state index contributed by atoms with van der Waals surface area (Å²) in [5.74, 6) is -0.412. The fourth-order valence-corrected chi connectivity index (χ4v) is 4.02. The number of aromatic amines is 1. The molecular formula is C12H14N6O4S2. The van der Waals surface area contributed by atoms with Crippen molar-refractivity contribution in [3.8, 4) is 0 Å². The number of aromatic nitrogens is 4. The van der Waals surface area contributed by atoms with Crippen molar-refractivity contribution in [1.82, 2.24) is 24.3 Å². The number of nitrogens with zero attached hydrogens (tertiary/aromatic N) is 3. The standard InChI is InChI=1S/C12H14N6O4S2/c19-23(20,6-4-16-24(21,22)12-8-13-9-14-12)17-10-2-5-18-11(7-10)1-3-15-18/h1-3,5,7-9,16-17H,4,6H2,(H,13,14). The second-order valence-electron chi connectivity index (χ2n) is 4.85. The topological polar surface area (TPSA) is 138 Å². The van der Waals surface area contributed by atoms with Gasteiger partial charge in [0.2, 0.25) is 10.0 Å². The number of H-pyrrole nitrogens is 1. The smallest absolute Gasteiger partial charge is 0.257 e. The Labute approximate surface area is 138 Å². The van der Waals surface area contributed by atoms with Gasteiger partial charge in [0, 0.05) is 18.9 Å². The summed E-state index contributed by atoms with van der Waals surface area (Å²) in [5, 5.41) is 3.89. The Balaban J connectivity index is 1.61. The first-order chi connectivity index (χ1) is 11.4. The van der Waals surface area contributed by atoms with Crippen LogP contribution in [-0.2, 0) is 20.0 Å². The van der Waals surface area contributed by atoms with Crippen molar-refractivity contribution in [3.05, 3.63) is 43.1 Å². The van der Waals surface area contributed by atoms with Crippen LogP contribution in [0, 0.1) is 0 Å². The zero-order valence-electron chi connectivity index (χ0n) is 12.2. The first-order valence-corrected chi connectivity index (χ1v) is 9.91. The zero-order chi connectivity index (χ0) is 17.2. The van der Waals surface area contributed by atoms with E-state index in [1.165, 1.54) is 6.33 Å². The van der Waals surface area contributed by atoms with E-state index >= 15 is 0 Å². The summed E-state index contributed by atoms with van der Waals surface area (Å²) in [5.41, 5.74) is 1.11. The monoisotopic (exact) mass is 370 g/mol. The molecular weight excluding hydrogens is 356 g/mol. The van der Waals surface area contributed by atoms with Crippen LogP contribution in [0.1, 0.15) is 0 Å². The first kappa shape index (κ1) is 16.4. The van der Waals surface area contributed by atoms with Crippen LogP contribution in [0.25, 0.3) is 5.52 Å². The molecule has 3 heterocycles. The van der Waals surface area contributed by atoms with E-state index in [4.69, 9.17) is 0 Å². The van der Waals surface area contributed by atoms with Gasteiger partial charge >= 0.3 is 0 Å². The minimum Gasteiger partial charge on any atom is -0.335 e. The molecule has 12 heteroatoms. The van der Waals surface area contributed by atoms with Crippen LogP contribution in [0.5, 0.6) is 0 Å². The van der Waals surface area contributed by atoms with Crippen LogP contribution in [-0.4, -0.2) is 48.7 Å². The van der Waals surface area contributed by atoms with E-state index in [1.54, 1.807) is 35.1 Å². The van der Waals surface area contributed by atoms with Crippen LogP contribution in [0.2, 0.25) is 0 Å². The molecule has 10 nitrogen and oxygen atoms in total. The van der Waals surface area contributed by atoms with E-state index in [2.05, 4.69) is 24.5 Å². The Hall–Kier alpha value is -2.44. The molecule has 0 atom stereocenters. The number of sulfonamides is 2. The van der Waals surface area contributed by atoms with E-state index in [0.29, 0.717) is 5.69 Å². The molecule has 0 aliphatic heterocycles. The summed E-state index contributed by atoms with van der Waals surface area (Å²) in [4.78, 5) is 6.05. The molecule has 0 amide bonds. The van der Waals surface area contributed by atoms with Gasteiger partial charge in [0.15, 0.2) is 5.03 Å². The third-order valence-corrected chi connectivity index (χ3v) is 5.77. The Morgan fingerprint density at radius 2 is 2.04 bits per heavy atom. The van der Waals surface area contributed by atoms with Crippen molar-refractivity contribution in [1.29, 1.82) is 0 Å². The lowest BCUT2D eigenvalue weighted by Crippen LogP contribution is -2.31. The molecule has 3 N–H and O–H groups in total. The molecule has 0 aromatic carbocycles. The molecule has 0 spiro atoms. The molecule has 0 aliphatic carbocycles. The summed E-state index contributed by atoms with van der Waals surface area (Å²) in [6.07, 6.45) is 5.57. The Kier molecular flexibility index (Phi) is 4.26. The van der Waals surface area contributed by atoms with E-state index in [0.717, 1.165) is 11.7 Å². The number of hydrogen-bond acceptors (Lipinski definition) is 6. The maximum absolute atomic E-state index is 12.1. The summed E-state index contributed by atoms with van der Waals surface area (Å²) in [6.45, 7) is -0.272. The van der Waals surface area contributed by atoms with Crippen LogP contribution in [0.15, 0.2) is 48.1 Å². The normalized spacial score (nSPS) is 12.5. The summed E-state index contributed by atoms with van der Waals surface area (Å²) >= 11 is 0. The molecule has 3 aromatic heterocycles. The van der Waals surface area contributed by atoms with Gasteiger partial charge in [-0.2, -0.15) is 5.10 Å². The lowest BCUT2D eigenvalue weighted by molar-refractivity contribution is 0.579. The van der Waals surface area contributed by atoms with Crippen LogP contribution >= 0.6 is 0 Å². The molecule has 3 rings (SSSR count). The molecule has 128 valence electrons. The van der Waals surface area contributed by atoms with E-state index in [-0.39, 0.29) is 11.6 Å². The van der Waals surface area contributed by atoms with Gasteiger partial charge < -0.3 is 4.98 Å². The van der Waals surface area contributed by atoms with Gasteiger partial charge in [0.05, 0.1) is 29.5 Å². The van der Waals surface area contributed by atoms with Gasteiger partial charge in [-0.1, -0.05) is 0 Å². The molecule has 0 bridgehead atoms. The molecule has 0 aliphatic rings. The highest BCUT2D eigenvalue weighted by Crippen LogP contribution is 2.13. The Morgan fingerprint density at radius 1 is 1.21 bits per heavy atom. The van der Waals surface area contributed by atoms with Crippen LogP contribution in [0.3, 0.4) is 0 Å². The Morgan fingerprint density at radius 3 is 2.79 bits per heavy atom. The van der Waals surface area contributed by atoms with Gasteiger partial charge in [-0.05, 0) is 18.2 Å². The van der Waals surface area contributed by atoms with Gasteiger partial charge in [0.1, 0.15) is 0 Å². The van der Waals surface area contributed by atoms with Crippen LogP contribution in [0.4, 0.5) is 5.69 Å². The fourth-order valence-electron chi connectivity index (χ4n) is 1.99. The predicted molar refractivity (Wildman–Crippen MR) is 86.4 cm³/mol. The number of pyridine rings is 1. The minimum atomic E-state index is -3.81. The average Bonchev–Trinajstić information content (AvgIpc) is 3.17. The van der Waals surface area contributed by atoms with Crippen molar-refractivity contribution in [3.63, 3.8) is 0 Å². The van der Waals surface area contributed by atoms with Crippen LogP contribution < -0.4 is 9.44 Å². The SMILES string of the molecule is O=S(=O)(CCNS(=O)(=O)c1cnc[nH]1)Nc1ccn2nccc2c1. The maximum Gasteiger partial charge on any atom is 0.257 e. The summed E-state index contributed by atoms with van der Waals surface area (Å²) in [7, 11) is -7.52. The van der Waals surface area contributed by atoms with Crippen molar-refractivity contribution in [2.24, 2.45) is 0 Å². The highest BCUT2D eigenvalue weighted by Gasteiger charge is 2.17. The quantitative estimate of drug-likeness (QED) is 0.525. The number of fused-ring (bicyclic) bond motifs is 1. The number of anilines is 1. The zero-order valence-corrected chi connectivity index (χ0v) is 13.9. The minimum absolute atomic E-state index is 0.126. The molecule has 0 saturated carbocycles. The van der Waals surface area contributed by atoms with Gasteiger partial charge in [-0.3, -0.25) is 4.72 Å². The predicted octanol–water partition coefficient (Wildman–Crippen LogP) is -0.222. The number of nitrogens with one attached hydrogen (secondary N) is 3. The average molecular weight is 370 g/mol. The number of imidazole rings is 1. The number of hydrogen-bond donors (Lipinski definition) is 3. The summed E-state index contributed by atoms with van der Waals surface area (Å²) in [6, 6.07) is 4.92. The van der Waals surface area contributed by atoms with Crippen molar-refractivity contribution >= 4 is 31.3 Å². The maximum atomic E-state index is 12.1. The lowest BCUT2D eigenvalue weighted by Gasteiger charge is -2.09. The van der Waals surface area contributed by atoms with Gasteiger partial charge in [-0.25, -0.2) is 31.1 Å². The fraction of sp³-hybridized carbons (Fsp3) is 0.167. The van der Waals surface area contributed by atoms with Crippen molar-refractivity contribution in [2.75, 3.05) is 17.0 Å². The van der Waals surface area contributed by atoms with E-state index in [1.807, 2.05) is 0 Å². The molecule has 0 radical (unpaired) electrons. The molecule has 3 aromatic rings. The van der Waals surface area contributed by atoms with E-state index in [9.17, 15) is 16.8 Å². The summed E-state index contributed by atoms with van der Waals surface area (Å²) < 4.78 is 54.0. The molecule has 0 unspecified atom stereocenters. The van der Waals surface area contributed by atoms with Crippen molar-refractivity contribution < 1.29 is 16.8 Å². The Bertz CT molecular complexity index is 1040. The highest BCUT2D eigenvalue weighted by molar-refractivity contribution is 7.92. The van der Waals surface area contributed by atoms with Gasteiger partial charge in [0.25, 0.3) is 10.0 Å². The lowest BCUT2D eigenvalue weighted by atomic mass is 10.4. The second-order valence-corrected chi connectivity index (χ2v) is 8.43.